The summed E-state index contributed by atoms with van der Waals surface area (Å²) in [6.07, 6.45) is 0.537. The number of carbonyl (C=O) groups is 1. The molecule has 0 fully saturated rings. The highest BCUT2D eigenvalue weighted by Crippen LogP contribution is 2.27. The van der Waals surface area contributed by atoms with Crippen LogP contribution in [0.15, 0.2) is 36.4 Å². The Bertz CT molecular complexity index is 799. The van der Waals surface area contributed by atoms with E-state index in [-0.39, 0.29) is 16.3 Å². The van der Waals surface area contributed by atoms with Crippen molar-refractivity contribution in [2.45, 2.75) is 6.42 Å². The van der Waals surface area contributed by atoms with Crippen LogP contribution in [0, 0.1) is 10.1 Å². The Labute approximate surface area is 158 Å². The minimum atomic E-state index is -0.577. The van der Waals surface area contributed by atoms with Crippen LogP contribution in [0.1, 0.15) is 16.8 Å². The van der Waals surface area contributed by atoms with E-state index in [0.717, 1.165) is 6.07 Å². The number of amides is 1. The number of rotatable bonds is 7. The van der Waals surface area contributed by atoms with Crippen LogP contribution in [-0.4, -0.2) is 24.0 Å². The summed E-state index contributed by atoms with van der Waals surface area (Å²) in [4.78, 5) is 22.1. The summed E-state index contributed by atoms with van der Waals surface area (Å²) in [5, 5.41) is 14.3. The Balaban J connectivity index is 1.80. The lowest BCUT2D eigenvalue weighted by Crippen LogP contribution is -2.25. The lowest BCUT2D eigenvalue weighted by molar-refractivity contribution is -0.384. The van der Waals surface area contributed by atoms with Gasteiger partial charge in [0.1, 0.15) is 5.75 Å². The second-order valence-corrected chi connectivity index (χ2v) is 6.20. The molecule has 1 amide bonds. The topological polar surface area (TPSA) is 81.5 Å². The van der Waals surface area contributed by atoms with Gasteiger partial charge in [0, 0.05) is 23.7 Å². The molecule has 6 nitrogen and oxygen atoms in total. The Kier molecular flexibility index (Phi) is 6.87. The summed E-state index contributed by atoms with van der Waals surface area (Å²) in [5.41, 5.74) is 0.00345. The van der Waals surface area contributed by atoms with Crippen LogP contribution in [0.5, 0.6) is 5.75 Å². The number of nitrogens with zero attached hydrogens (tertiary/aromatic N) is 1. The predicted molar refractivity (Wildman–Crippen MR) is 97.0 cm³/mol. The molecule has 0 spiro atoms. The number of hydrogen-bond donors (Lipinski definition) is 1. The lowest BCUT2D eigenvalue weighted by atomic mass is 10.2. The standard InChI is InChI=1S/C16H13Cl3N2O4/c17-10-2-5-15(14(19)8-10)25-7-1-6-20-16(22)12-4-3-11(21(23)24)9-13(12)18/h2-5,8-9H,1,6-7H2,(H,20,22). The molecule has 0 aromatic heterocycles. The van der Waals surface area contributed by atoms with Gasteiger partial charge in [-0.25, -0.2) is 0 Å². The molecule has 2 aromatic carbocycles. The third-order valence-electron chi connectivity index (χ3n) is 3.17. The van der Waals surface area contributed by atoms with E-state index in [1.807, 2.05) is 0 Å². The Morgan fingerprint density at radius 1 is 1.12 bits per heavy atom. The number of ether oxygens (including phenoxy) is 1. The summed E-state index contributed by atoms with van der Waals surface area (Å²) in [6.45, 7) is 0.687. The second kappa shape index (κ2) is 8.89. The minimum absolute atomic E-state index is 0.0240. The number of halogens is 3. The number of hydrogen-bond acceptors (Lipinski definition) is 4. The van der Waals surface area contributed by atoms with Crippen molar-refractivity contribution in [3.05, 3.63) is 67.1 Å². The SMILES string of the molecule is O=C(NCCCOc1ccc(Cl)cc1Cl)c1ccc([N+](=O)[O-])cc1Cl. The summed E-state index contributed by atoms with van der Waals surface area (Å²) >= 11 is 17.7. The smallest absolute Gasteiger partial charge is 0.270 e. The van der Waals surface area contributed by atoms with Crippen LogP contribution in [-0.2, 0) is 0 Å². The molecule has 0 saturated heterocycles. The first kappa shape index (κ1) is 19.3. The van der Waals surface area contributed by atoms with Gasteiger partial charge in [-0.05, 0) is 30.7 Å². The molecule has 0 heterocycles. The Hall–Kier alpha value is -2.02. The highest BCUT2D eigenvalue weighted by Gasteiger charge is 2.14. The van der Waals surface area contributed by atoms with Crippen molar-refractivity contribution in [2.75, 3.05) is 13.2 Å². The fraction of sp³-hybridized carbons (Fsp3) is 0.188. The minimum Gasteiger partial charge on any atom is -0.492 e. The number of nitrogens with one attached hydrogen (secondary N) is 1. The zero-order chi connectivity index (χ0) is 18.4. The van der Waals surface area contributed by atoms with Crippen molar-refractivity contribution in [1.29, 1.82) is 0 Å². The van der Waals surface area contributed by atoms with E-state index in [9.17, 15) is 14.9 Å². The average molecular weight is 404 g/mol. The van der Waals surface area contributed by atoms with E-state index >= 15 is 0 Å². The predicted octanol–water partition coefficient (Wildman–Crippen LogP) is 4.75. The largest absolute Gasteiger partial charge is 0.492 e. The molecule has 132 valence electrons. The molecule has 0 radical (unpaired) electrons. The number of benzene rings is 2. The second-order valence-electron chi connectivity index (χ2n) is 4.95. The maximum absolute atomic E-state index is 12.0. The van der Waals surface area contributed by atoms with Gasteiger partial charge in [-0.2, -0.15) is 0 Å². The van der Waals surface area contributed by atoms with Crippen LogP contribution in [0.3, 0.4) is 0 Å². The van der Waals surface area contributed by atoms with E-state index in [2.05, 4.69) is 5.32 Å². The molecule has 1 N–H and O–H groups in total. The van der Waals surface area contributed by atoms with Gasteiger partial charge in [-0.1, -0.05) is 34.8 Å². The number of nitro groups is 1. The van der Waals surface area contributed by atoms with Crippen LogP contribution < -0.4 is 10.1 Å². The Morgan fingerprint density at radius 3 is 2.52 bits per heavy atom. The van der Waals surface area contributed by atoms with Crippen molar-refractivity contribution in [1.82, 2.24) is 5.32 Å². The van der Waals surface area contributed by atoms with Gasteiger partial charge in [0.25, 0.3) is 11.6 Å². The van der Waals surface area contributed by atoms with Gasteiger partial charge >= 0.3 is 0 Å². The van der Waals surface area contributed by atoms with E-state index in [1.54, 1.807) is 18.2 Å². The molecule has 0 unspecified atom stereocenters. The fourth-order valence-corrected chi connectivity index (χ4v) is 2.67. The fourth-order valence-electron chi connectivity index (χ4n) is 1.95. The van der Waals surface area contributed by atoms with E-state index in [1.165, 1.54) is 12.1 Å². The lowest BCUT2D eigenvalue weighted by Gasteiger charge is -2.09. The van der Waals surface area contributed by atoms with Crippen molar-refractivity contribution in [3.63, 3.8) is 0 Å². The number of non-ortho nitro benzene ring substituents is 1. The summed E-state index contributed by atoms with van der Waals surface area (Å²) in [5.74, 6) is 0.0974. The monoisotopic (exact) mass is 402 g/mol. The van der Waals surface area contributed by atoms with Crippen LogP contribution in [0.25, 0.3) is 0 Å². The summed E-state index contributed by atoms with van der Waals surface area (Å²) < 4.78 is 5.50. The average Bonchev–Trinajstić information content (AvgIpc) is 2.55. The number of nitro benzene ring substituents is 1. The molecule has 0 atom stereocenters. The first-order valence-corrected chi connectivity index (χ1v) is 8.32. The highest BCUT2D eigenvalue weighted by atomic mass is 35.5. The first-order valence-electron chi connectivity index (χ1n) is 7.18. The molecule has 0 aliphatic heterocycles. The van der Waals surface area contributed by atoms with Crippen LogP contribution >= 0.6 is 34.8 Å². The van der Waals surface area contributed by atoms with Crippen molar-refractivity contribution in [3.8, 4) is 5.75 Å². The van der Waals surface area contributed by atoms with Gasteiger partial charge in [-0.15, -0.1) is 0 Å². The third-order valence-corrected chi connectivity index (χ3v) is 4.01. The molecule has 0 bridgehead atoms. The molecule has 0 saturated carbocycles. The molecule has 0 aliphatic carbocycles. The van der Waals surface area contributed by atoms with E-state index in [0.29, 0.717) is 35.4 Å². The van der Waals surface area contributed by atoms with Crippen molar-refractivity contribution in [2.24, 2.45) is 0 Å². The normalized spacial score (nSPS) is 10.4. The first-order chi connectivity index (χ1) is 11.9. The maximum Gasteiger partial charge on any atom is 0.270 e. The van der Waals surface area contributed by atoms with Gasteiger partial charge in [-0.3, -0.25) is 14.9 Å². The highest BCUT2D eigenvalue weighted by molar-refractivity contribution is 6.35. The van der Waals surface area contributed by atoms with E-state index in [4.69, 9.17) is 39.5 Å². The molecule has 2 rings (SSSR count). The van der Waals surface area contributed by atoms with Crippen LogP contribution in [0.4, 0.5) is 5.69 Å². The number of carbonyl (C=O) groups excluding carboxylic acids is 1. The van der Waals surface area contributed by atoms with Gasteiger partial charge in [0.15, 0.2) is 0 Å². The molecule has 2 aromatic rings. The maximum atomic E-state index is 12.0. The summed E-state index contributed by atoms with van der Waals surface area (Å²) in [7, 11) is 0. The molecular formula is C16H13Cl3N2O4. The molecule has 0 aliphatic rings. The third kappa shape index (κ3) is 5.49. The van der Waals surface area contributed by atoms with E-state index < -0.39 is 10.8 Å². The van der Waals surface area contributed by atoms with Crippen LogP contribution in [0.2, 0.25) is 15.1 Å². The molecule has 25 heavy (non-hydrogen) atoms. The zero-order valence-electron chi connectivity index (χ0n) is 12.8. The van der Waals surface area contributed by atoms with Crippen molar-refractivity contribution < 1.29 is 14.5 Å². The zero-order valence-corrected chi connectivity index (χ0v) is 15.1. The summed E-state index contributed by atoms with van der Waals surface area (Å²) in [6, 6.07) is 8.60. The molecular weight excluding hydrogens is 391 g/mol. The Morgan fingerprint density at radius 2 is 1.88 bits per heavy atom. The van der Waals surface area contributed by atoms with Gasteiger partial charge in [0.05, 0.1) is 27.1 Å². The van der Waals surface area contributed by atoms with Gasteiger partial charge in [0.2, 0.25) is 0 Å². The quantitative estimate of drug-likeness (QED) is 0.411. The molecule has 9 heteroatoms. The van der Waals surface area contributed by atoms with Gasteiger partial charge < -0.3 is 10.1 Å². The van der Waals surface area contributed by atoms with Crippen molar-refractivity contribution >= 4 is 46.4 Å².